The number of hydrogen-bond acceptors (Lipinski definition) is 4. The average molecular weight is 289 g/mol. The minimum atomic E-state index is -2.48. The van der Waals surface area contributed by atoms with Crippen LogP contribution in [0.25, 0.3) is 0 Å². The maximum absolute atomic E-state index is 14.3. The predicted molar refractivity (Wildman–Crippen MR) is 70.0 cm³/mol. The molecule has 0 amide bonds. The van der Waals surface area contributed by atoms with Crippen LogP contribution in [0.1, 0.15) is 32.6 Å². The second kappa shape index (κ2) is 6.65. The van der Waals surface area contributed by atoms with E-state index in [2.05, 4.69) is 0 Å². The number of hydrogen-bond donors (Lipinski definition) is 1. The average Bonchev–Trinajstić information content (AvgIpc) is 2.42. The summed E-state index contributed by atoms with van der Waals surface area (Å²) in [6.07, 6.45) is 4.25. The van der Waals surface area contributed by atoms with Gasteiger partial charge in [0.15, 0.2) is 12.1 Å². The Morgan fingerprint density at radius 3 is 3.00 bits per heavy atom. The highest BCUT2D eigenvalue weighted by Crippen LogP contribution is 2.34. The summed E-state index contributed by atoms with van der Waals surface area (Å²) >= 11 is 0. The molecule has 1 heterocycles. The number of allylic oxidation sites excluding steroid dienone is 2. The zero-order valence-corrected chi connectivity index (χ0v) is 11.6. The van der Waals surface area contributed by atoms with Crippen LogP contribution in [0.15, 0.2) is 23.7 Å². The number of ether oxygens (including phenoxy) is 3. The molecule has 0 spiro atoms. The van der Waals surface area contributed by atoms with E-state index in [1.165, 1.54) is 6.08 Å². The van der Waals surface area contributed by atoms with Gasteiger partial charge in [0.05, 0.1) is 19.1 Å². The molecule has 0 aromatic heterocycles. The minimum Gasteiger partial charge on any atom is -0.402 e. The smallest absolute Gasteiger partial charge is 0.267 e. The van der Waals surface area contributed by atoms with Crippen LogP contribution >= 0.6 is 0 Å². The topological polar surface area (TPSA) is 53.7 Å². The fourth-order valence-corrected chi connectivity index (χ4v) is 2.20. The van der Waals surface area contributed by atoms with Gasteiger partial charge in [-0.05, 0) is 38.3 Å². The molecule has 114 valence electrons. The first-order valence-corrected chi connectivity index (χ1v) is 6.92. The Hall–Kier alpha value is -0.980. The normalized spacial score (nSPS) is 32.5. The number of nitrogens with two attached hydrogens (primary N) is 1. The van der Waals surface area contributed by atoms with Gasteiger partial charge in [-0.25, -0.2) is 8.78 Å². The molecule has 2 N–H and O–H groups in total. The first-order chi connectivity index (χ1) is 9.49. The summed E-state index contributed by atoms with van der Waals surface area (Å²) in [6.45, 7) is 2.35. The van der Waals surface area contributed by atoms with E-state index in [-0.39, 0.29) is 31.1 Å². The Kier molecular flexibility index (Phi) is 5.12. The third-order valence-electron chi connectivity index (χ3n) is 3.30. The molecule has 2 rings (SSSR count). The van der Waals surface area contributed by atoms with Gasteiger partial charge in [0.2, 0.25) is 0 Å². The Balaban J connectivity index is 1.79. The molecule has 3 unspecified atom stereocenters. The Morgan fingerprint density at radius 1 is 1.50 bits per heavy atom. The highest BCUT2D eigenvalue weighted by Gasteiger charge is 2.39. The molecule has 0 saturated carbocycles. The lowest BCUT2D eigenvalue weighted by molar-refractivity contribution is -0.214. The van der Waals surface area contributed by atoms with E-state index in [0.717, 1.165) is 25.3 Å². The Bertz CT molecular complexity index is 394. The fraction of sp³-hybridized carbons (Fsp3) is 0.714. The van der Waals surface area contributed by atoms with Crippen LogP contribution in [0.4, 0.5) is 8.78 Å². The summed E-state index contributed by atoms with van der Waals surface area (Å²) < 4.78 is 43.8. The van der Waals surface area contributed by atoms with Crippen molar-refractivity contribution in [2.24, 2.45) is 5.73 Å². The molecule has 3 atom stereocenters. The van der Waals surface area contributed by atoms with E-state index < -0.39 is 11.7 Å². The quantitative estimate of drug-likeness (QED) is 0.845. The molecule has 4 nitrogen and oxygen atoms in total. The standard InChI is InChI=1S/C14H21F2NO3/c1-10(20-13-4-2-3-7-18-13)9-19-14(16)8-11(17)5-6-12(14)15/h5-6,10,13H,2-4,7-9,17H2,1H3. The van der Waals surface area contributed by atoms with Crippen LogP contribution in [0.3, 0.4) is 0 Å². The van der Waals surface area contributed by atoms with Crippen molar-refractivity contribution in [3.63, 3.8) is 0 Å². The van der Waals surface area contributed by atoms with Crippen LogP contribution in [-0.2, 0) is 14.2 Å². The van der Waals surface area contributed by atoms with Gasteiger partial charge in [-0.1, -0.05) is 0 Å². The molecular formula is C14H21F2NO3. The molecule has 0 aromatic carbocycles. The van der Waals surface area contributed by atoms with Gasteiger partial charge >= 0.3 is 0 Å². The largest absolute Gasteiger partial charge is 0.402 e. The maximum Gasteiger partial charge on any atom is 0.267 e. The van der Waals surface area contributed by atoms with Crippen molar-refractivity contribution in [1.29, 1.82) is 0 Å². The van der Waals surface area contributed by atoms with Crippen molar-refractivity contribution >= 4 is 0 Å². The summed E-state index contributed by atoms with van der Waals surface area (Å²) in [7, 11) is 0. The van der Waals surface area contributed by atoms with E-state index >= 15 is 0 Å². The summed E-state index contributed by atoms with van der Waals surface area (Å²) in [6, 6.07) is 0. The second-order valence-electron chi connectivity index (χ2n) is 5.22. The molecule has 1 saturated heterocycles. The summed E-state index contributed by atoms with van der Waals surface area (Å²) in [5.74, 6) is -3.45. The lowest BCUT2D eigenvalue weighted by Gasteiger charge is -2.30. The van der Waals surface area contributed by atoms with Crippen molar-refractivity contribution in [3.05, 3.63) is 23.7 Å². The first-order valence-electron chi connectivity index (χ1n) is 6.92. The SMILES string of the molecule is CC(COC1(F)CC(N)=CC=C1F)OC1CCCCO1. The van der Waals surface area contributed by atoms with Crippen LogP contribution in [0.2, 0.25) is 0 Å². The highest BCUT2D eigenvalue weighted by molar-refractivity contribution is 5.25. The maximum atomic E-state index is 14.3. The molecule has 0 bridgehead atoms. The van der Waals surface area contributed by atoms with Crippen LogP contribution in [0.5, 0.6) is 0 Å². The molecule has 1 fully saturated rings. The van der Waals surface area contributed by atoms with Crippen molar-refractivity contribution in [2.45, 2.75) is 50.9 Å². The van der Waals surface area contributed by atoms with Gasteiger partial charge in [0, 0.05) is 12.3 Å². The summed E-state index contributed by atoms with van der Waals surface area (Å²) in [4.78, 5) is 0. The van der Waals surface area contributed by atoms with E-state index in [1.54, 1.807) is 6.92 Å². The predicted octanol–water partition coefficient (Wildman–Crippen LogP) is 2.70. The highest BCUT2D eigenvalue weighted by atomic mass is 19.2. The molecule has 1 aliphatic heterocycles. The number of halogens is 2. The monoisotopic (exact) mass is 289 g/mol. The zero-order valence-electron chi connectivity index (χ0n) is 11.6. The molecule has 1 aliphatic carbocycles. The van der Waals surface area contributed by atoms with Crippen molar-refractivity contribution in [2.75, 3.05) is 13.2 Å². The van der Waals surface area contributed by atoms with Crippen molar-refractivity contribution in [1.82, 2.24) is 0 Å². The third kappa shape index (κ3) is 4.01. The van der Waals surface area contributed by atoms with Gasteiger partial charge in [-0.15, -0.1) is 0 Å². The minimum absolute atomic E-state index is 0.0646. The van der Waals surface area contributed by atoms with Gasteiger partial charge in [0.25, 0.3) is 5.85 Å². The van der Waals surface area contributed by atoms with Crippen molar-refractivity contribution in [3.8, 4) is 0 Å². The second-order valence-corrected chi connectivity index (χ2v) is 5.22. The van der Waals surface area contributed by atoms with Crippen molar-refractivity contribution < 1.29 is 23.0 Å². The van der Waals surface area contributed by atoms with Gasteiger partial charge < -0.3 is 19.9 Å². The zero-order chi connectivity index (χ0) is 14.6. The molecular weight excluding hydrogens is 268 g/mol. The molecule has 0 radical (unpaired) electrons. The Morgan fingerprint density at radius 2 is 2.30 bits per heavy atom. The van der Waals surface area contributed by atoms with Gasteiger partial charge in [-0.2, -0.15) is 0 Å². The first kappa shape index (κ1) is 15.4. The molecule has 2 aliphatic rings. The summed E-state index contributed by atoms with van der Waals surface area (Å²) in [5, 5.41) is 0. The number of rotatable bonds is 5. The molecule has 6 heteroatoms. The van der Waals surface area contributed by atoms with Crippen LogP contribution in [0, 0.1) is 0 Å². The lowest BCUT2D eigenvalue weighted by atomic mass is 10.1. The van der Waals surface area contributed by atoms with E-state index in [9.17, 15) is 8.78 Å². The number of alkyl halides is 1. The van der Waals surface area contributed by atoms with Gasteiger partial charge in [0.1, 0.15) is 0 Å². The van der Waals surface area contributed by atoms with E-state index in [1.807, 2.05) is 0 Å². The third-order valence-corrected chi connectivity index (χ3v) is 3.30. The molecule has 0 aromatic rings. The van der Waals surface area contributed by atoms with Gasteiger partial charge in [-0.3, -0.25) is 0 Å². The van der Waals surface area contributed by atoms with E-state index in [0.29, 0.717) is 6.61 Å². The lowest BCUT2D eigenvalue weighted by Crippen LogP contribution is -2.36. The Labute approximate surface area is 117 Å². The van der Waals surface area contributed by atoms with E-state index in [4.69, 9.17) is 19.9 Å². The fourth-order valence-electron chi connectivity index (χ4n) is 2.20. The van der Waals surface area contributed by atoms with Crippen LogP contribution < -0.4 is 5.73 Å². The van der Waals surface area contributed by atoms with Crippen LogP contribution in [-0.4, -0.2) is 31.5 Å². The summed E-state index contributed by atoms with van der Waals surface area (Å²) in [5.41, 5.74) is 5.76. The molecule has 20 heavy (non-hydrogen) atoms.